The van der Waals surface area contributed by atoms with Crippen LogP contribution in [0.5, 0.6) is 0 Å². The lowest BCUT2D eigenvalue weighted by Crippen LogP contribution is -2.39. The van der Waals surface area contributed by atoms with E-state index in [1.54, 1.807) is 4.90 Å². The molecule has 0 spiro atoms. The number of halogens is 1. The van der Waals surface area contributed by atoms with Crippen LogP contribution in [0.15, 0.2) is 22.7 Å². The lowest BCUT2D eigenvalue weighted by molar-refractivity contribution is 0.0263. The Bertz CT molecular complexity index is 557. The van der Waals surface area contributed by atoms with Crippen LogP contribution in [0.3, 0.4) is 0 Å². The third kappa shape index (κ3) is 5.11. The first-order valence-electron chi connectivity index (χ1n) is 8.01. The number of hydrogen-bond donors (Lipinski definition) is 1. The third-order valence-corrected chi connectivity index (χ3v) is 4.24. The maximum absolute atomic E-state index is 12.2. The van der Waals surface area contributed by atoms with Crippen molar-refractivity contribution < 1.29 is 9.53 Å². The van der Waals surface area contributed by atoms with Crippen molar-refractivity contribution in [1.29, 1.82) is 0 Å². The van der Waals surface area contributed by atoms with Gasteiger partial charge >= 0.3 is 6.09 Å². The van der Waals surface area contributed by atoms with E-state index in [9.17, 15) is 4.79 Å². The first-order chi connectivity index (χ1) is 10.8. The molecule has 1 aromatic carbocycles. The van der Waals surface area contributed by atoms with Gasteiger partial charge in [0.2, 0.25) is 0 Å². The topological polar surface area (TPSA) is 58.8 Å². The highest BCUT2D eigenvalue weighted by molar-refractivity contribution is 9.10. The van der Waals surface area contributed by atoms with E-state index in [1.807, 2.05) is 26.8 Å². The molecule has 5 nitrogen and oxygen atoms in total. The van der Waals surface area contributed by atoms with Crippen molar-refractivity contribution in [3.8, 4) is 0 Å². The molecule has 1 aliphatic heterocycles. The molecule has 128 valence electrons. The second-order valence-electron chi connectivity index (χ2n) is 6.79. The van der Waals surface area contributed by atoms with Gasteiger partial charge in [-0.2, -0.15) is 0 Å². The number of ether oxygens (including phenoxy) is 1. The van der Waals surface area contributed by atoms with E-state index in [2.05, 4.69) is 33.0 Å². The summed E-state index contributed by atoms with van der Waals surface area (Å²) >= 11 is 3.49. The highest BCUT2D eigenvalue weighted by Crippen LogP contribution is 2.25. The van der Waals surface area contributed by atoms with Crippen LogP contribution in [0.2, 0.25) is 0 Å². The van der Waals surface area contributed by atoms with E-state index in [0.717, 1.165) is 41.8 Å². The van der Waals surface area contributed by atoms with Crippen LogP contribution in [0, 0.1) is 0 Å². The van der Waals surface area contributed by atoms with Crippen LogP contribution in [0.25, 0.3) is 0 Å². The van der Waals surface area contributed by atoms with Gasteiger partial charge in [-0.05, 0) is 51.0 Å². The average Bonchev–Trinajstić information content (AvgIpc) is 2.71. The molecule has 0 radical (unpaired) electrons. The molecule has 23 heavy (non-hydrogen) atoms. The molecule has 0 unspecified atom stereocenters. The van der Waals surface area contributed by atoms with Gasteiger partial charge in [-0.25, -0.2) is 4.79 Å². The summed E-state index contributed by atoms with van der Waals surface area (Å²) in [4.78, 5) is 16.3. The summed E-state index contributed by atoms with van der Waals surface area (Å²) in [5.74, 6) is 0. The highest BCUT2D eigenvalue weighted by atomic mass is 79.9. The Morgan fingerprint density at radius 3 is 2.65 bits per heavy atom. The first-order valence-corrected chi connectivity index (χ1v) is 8.81. The standard InChI is InChI=1S/C17H26BrN3O2/c1-17(2,3)23-16(22)21-8-4-7-20(9-10-21)15-6-5-14(18)11-13(15)12-19/h5-6,11H,4,7-10,12,19H2,1-3H3. The van der Waals surface area contributed by atoms with Gasteiger partial charge in [-0.3, -0.25) is 0 Å². The number of benzene rings is 1. The van der Waals surface area contributed by atoms with Gasteiger partial charge in [0.1, 0.15) is 5.60 Å². The molecular weight excluding hydrogens is 358 g/mol. The Morgan fingerprint density at radius 1 is 1.26 bits per heavy atom. The Kier molecular flexibility index (Phi) is 5.92. The number of amides is 1. The highest BCUT2D eigenvalue weighted by Gasteiger charge is 2.25. The fourth-order valence-corrected chi connectivity index (χ4v) is 3.10. The van der Waals surface area contributed by atoms with E-state index in [-0.39, 0.29) is 6.09 Å². The second-order valence-corrected chi connectivity index (χ2v) is 7.70. The van der Waals surface area contributed by atoms with Crippen molar-refractivity contribution >= 4 is 27.7 Å². The summed E-state index contributed by atoms with van der Waals surface area (Å²) in [6, 6.07) is 6.19. The van der Waals surface area contributed by atoms with Gasteiger partial charge in [-0.1, -0.05) is 15.9 Å². The molecule has 2 rings (SSSR count). The molecule has 2 N–H and O–H groups in total. The summed E-state index contributed by atoms with van der Waals surface area (Å²) in [6.07, 6.45) is 0.688. The summed E-state index contributed by atoms with van der Waals surface area (Å²) in [7, 11) is 0. The van der Waals surface area contributed by atoms with E-state index in [4.69, 9.17) is 10.5 Å². The van der Waals surface area contributed by atoms with Gasteiger partial charge in [0.15, 0.2) is 0 Å². The maximum atomic E-state index is 12.2. The second kappa shape index (κ2) is 7.53. The fourth-order valence-electron chi connectivity index (χ4n) is 2.69. The largest absolute Gasteiger partial charge is 0.444 e. The Hall–Kier alpha value is -1.27. The molecular formula is C17H26BrN3O2. The average molecular weight is 384 g/mol. The summed E-state index contributed by atoms with van der Waals surface area (Å²) in [6.45, 7) is 9.26. The minimum absolute atomic E-state index is 0.228. The predicted octanol–water partition coefficient (Wildman–Crippen LogP) is 3.36. The fraction of sp³-hybridized carbons (Fsp3) is 0.588. The van der Waals surface area contributed by atoms with Crippen LogP contribution >= 0.6 is 15.9 Å². The molecule has 1 aliphatic rings. The van der Waals surface area contributed by atoms with Crippen molar-refractivity contribution in [1.82, 2.24) is 4.90 Å². The molecule has 0 aromatic heterocycles. The number of nitrogens with zero attached hydrogens (tertiary/aromatic N) is 2. The molecule has 0 bridgehead atoms. The number of carbonyl (C=O) groups excluding carboxylic acids is 1. The van der Waals surface area contributed by atoms with Crippen LogP contribution in [-0.2, 0) is 11.3 Å². The molecule has 1 amide bonds. The first kappa shape index (κ1) is 18.1. The summed E-state index contributed by atoms with van der Waals surface area (Å²) in [5, 5.41) is 0. The van der Waals surface area contributed by atoms with Crippen molar-refractivity contribution in [3.05, 3.63) is 28.2 Å². The van der Waals surface area contributed by atoms with Gasteiger partial charge in [0, 0.05) is 42.9 Å². The van der Waals surface area contributed by atoms with Crippen molar-refractivity contribution in [3.63, 3.8) is 0 Å². The number of anilines is 1. The van der Waals surface area contributed by atoms with Gasteiger partial charge < -0.3 is 20.3 Å². The Morgan fingerprint density at radius 2 is 2.00 bits per heavy atom. The summed E-state index contributed by atoms with van der Waals surface area (Å²) in [5.41, 5.74) is 7.69. The molecule has 0 saturated carbocycles. The minimum atomic E-state index is -0.457. The zero-order valence-electron chi connectivity index (χ0n) is 14.1. The van der Waals surface area contributed by atoms with E-state index < -0.39 is 5.60 Å². The molecule has 1 saturated heterocycles. The number of nitrogens with two attached hydrogens (primary N) is 1. The Balaban J connectivity index is 2.05. The zero-order valence-corrected chi connectivity index (χ0v) is 15.7. The Labute approximate surface area is 146 Å². The lowest BCUT2D eigenvalue weighted by atomic mass is 10.1. The molecule has 1 heterocycles. The quantitative estimate of drug-likeness (QED) is 0.850. The predicted molar refractivity (Wildman–Crippen MR) is 96.7 cm³/mol. The van der Waals surface area contributed by atoms with Crippen molar-refractivity contribution in [2.45, 2.75) is 39.3 Å². The van der Waals surface area contributed by atoms with Crippen LogP contribution in [0.1, 0.15) is 32.8 Å². The van der Waals surface area contributed by atoms with Crippen LogP contribution in [0.4, 0.5) is 10.5 Å². The molecule has 1 fully saturated rings. The maximum Gasteiger partial charge on any atom is 0.410 e. The zero-order chi connectivity index (χ0) is 17.0. The molecule has 0 aliphatic carbocycles. The van der Waals surface area contributed by atoms with Crippen molar-refractivity contribution in [2.24, 2.45) is 5.73 Å². The smallest absolute Gasteiger partial charge is 0.410 e. The number of hydrogen-bond acceptors (Lipinski definition) is 4. The van der Waals surface area contributed by atoms with Crippen LogP contribution < -0.4 is 10.6 Å². The number of rotatable bonds is 2. The van der Waals surface area contributed by atoms with E-state index in [1.165, 1.54) is 0 Å². The van der Waals surface area contributed by atoms with Crippen molar-refractivity contribution in [2.75, 3.05) is 31.1 Å². The minimum Gasteiger partial charge on any atom is -0.444 e. The normalized spacial score (nSPS) is 16.2. The molecule has 0 atom stereocenters. The molecule has 6 heteroatoms. The van der Waals surface area contributed by atoms with Crippen LogP contribution in [-0.4, -0.2) is 42.8 Å². The monoisotopic (exact) mass is 383 g/mol. The van der Waals surface area contributed by atoms with Gasteiger partial charge in [0.25, 0.3) is 0 Å². The third-order valence-electron chi connectivity index (χ3n) is 3.75. The lowest BCUT2D eigenvalue weighted by Gasteiger charge is -2.27. The van der Waals surface area contributed by atoms with Gasteiger partial charge in [0.05, 0.1) is 0 Å². The van der Waals surface area contributed by atoms with Gasteiger partial charge in [-0.15, -0.1) is 0 Å². The van der Waals surface area contributed by atoms with E-state index >= 15 is 0 Å². The van der Waals surface area contributed by atoms with E-state index in [0.29, 0.717) is 13.1 Å². The SMILES string of the molecule is CC(C)(C)OC(=O)N1CCCN(c2ccc(Br)cc2CN)CC1. The summed E-state index contributed by atoms with van der Waals surface area (Å²) < 4.78 is 6.51. The molecule has 1 aromatic rings. The number of carbonyl (C=O) groups is 1.